The number of phenols is 1. The third-order valence-corrected chi connectivity index (χ3v) is 4.26. The van der Waals surface area contributed by atoms with Crippen molar-refractivity contribution in [2.45, 2.75) is 12.8 Å². The zero-order valence-electron chi connectivity index (χ0n) is 12.6. The molecule has 1 aromatic heterocycles. The molecule has 23 heavy (non-hydrogen) atoms. The Kier molecular flexibility index (Phi) is 4.67. The fourth-order valence-electron chi connectivity index (χ4n) is 2.71. The number of aromatic nitrogens is 1. The molecule has 0 spiro atoms. The zero-order chi connectivity index (χ0) is 16.2. The number of carbonyl (C=O) groups excluding carboxylic acids is 1. The maximum absolute atomic E-state index is 12.3. The average Bonchev–Trinajstić information content (AvgIpc) is 2.58. The third kappa shape index (κ3) is 3.93. The van der Waals surface area contributed by atoms with Crippen LogP contribution in [0.5, 0.6) is 5.75 Å². The molecule has 2 N–H and O–H groups in total. The highest BCUT2D eigenvalue weighted by molar-refractivity contribution is 6.30. The number of halogens is 1. The molecule has 0 radical (unpaired) electrons. The second kappa shape index (κ2) is 6.87. The van der Waals surface area contributed by atoms with E-state index in [4.69, 9.17) is 11.6 Å². The van der Waals surface area contributed by atoms with Crippen molar-refractivity contribution >= 4 is 29.0 Å². The zero-order valence-corrected chi connectivity index (χ0v) is 13.3. The molecule has 1 aliphatic heterocycles. The molecule has 2 heterocycles. The molecule has 1 aliphatic rings. The molecular weight excluding hydrogens is 314 g/mol. The molecule has 3 rings (SSSR count). The van der Waals surface area contributed by atoms with Crippen LogP contribution >= 0.6 is 11.6 Å². The number of pyridine rings is 1. The van der Waals surface area contributed by atoms with Gasteiger partial charge in [0.2, 0.25) is 5.91 Å². The van der Waals surface area contributed by atoms with Gasteiger partial charge in [-0.05, 0) is 49.2 Å². The van der Waals surface area contributed by atoms with Crippen LogP contribution in [0.2, 0.25) is 5.02 Å². The minimum Gasteiger partial charge on any atom is -0.508 e. The number of amides is 1. The minimum atomic E-state index is -0.00708. The van der Waals surface area contributed by atoms with Crippen LogP contribution in [0.3, 0.4) is 0 Å². The smallest absolute Gasteiger partial charge is 0.227 e. The summed E-state index contributed by atoms with van der Waals surface area (Å²) in [7, 11) is 0. The van der Waals surface area contributed by atoms with Crippen molar-refractivity contribution in [3.05, 3.63) is 47.6 Å². The van der Waals surface area contributed by atoms with Crippen molar-refractivity contribution in [3.63, 3.8) is 0 Å². The molecule has 0 aliphatic carbocycles. The van der Waals surface area contributed by atoms with Crippen LogP contribution in [0, 0.1) is 5.92 Å². The highest BCUT2D eigenvalue weighted by Crippen LogP contribution is 2.24. The Hall–Kier alpha value is -2.27. The first-order chi connectivity index (χ1) is 11.1. The molecule has 1 saturated heterocycles. The van der Waals surface area contributed by atoms with Gasteiger partial charge >= 0.3 is 0 Å². The largest absolute Gasteiger partial charge is 0.508 e. The molecular formula is C17H18ClN3O2. The van der Waals surface area contributed by atoms with E-state index in [0.29, 0.717) is 10.7 Å². The predicted molar refractivity (Wildman–Crippen MR) is 90.9 cm³/mol. The van der Waals surface area contributed by atoms with E-state index in [1.54, 1.807) is 30.5 Å². The number of nitrogens with zero attached hydrogens (tertiary/aromatic N) is 2. The van der Waals surface area contributed by atoms with Gasteiger partial charge in [0.25, 0.3) is 0 Å². The molecule has 1 aromatic carbocycles. The number of benzene rings is 1. The van der Waals surface area contributed by atoms with Crippen LogP contribution in [0.1, 0.15) is 12.8 Å². The molecule has 2 aromatic rings. The summed E-state index contributed by atoms with van der Waals surface area (Å²) in [6, 6.07) is 10.2. The summed E-state index contributed by atoms with van der Waals surface area (Å²) in [6.45, 7) is 1.59. The van der Waals surface area contributed by atoms with Gasteiger partial charge in [-0.25, -0.2) is 4.98 Å². The van der Waals surface area contributed by atoms with Crippen LogP contribution in [0.25, 0.3) is 0 Å². The fourth-order valence-corrected chi connectivity index (χ4v) is 2.83. The van der Waals surface area contributed by atoms with Gasteiger partial charge in [-0.3, -0.25) is 4.79 Å². The number of rotatable bonds is 3. The van der Waals surface area contributed by atoms with Gasteiger partial charge in [-0.2, -0.15) is 0 Å². The summed E-state index contributed by atoms with van der Waals surface area (Å²) in [5.41, 5.74) is 0.703. The summed E-state index contributed by atoms with van der Waals surface area (Å²) < 4.78 is 0. The Morgan fingerprint density at radius 1 is 1.17 bits per heavy atom. The van der Waals surface area contributed by atoms with E-state index in [0.717, 1.165) is 31.7 Å². The second-order valence-corrected chi connectivity index (χ2v) is 6.07. The Labute approximate surface area is 139 Å². The van der Waals surface area contributed by atoms with Crippen molar-refractivity contribution in [2.75, 3.05) is 23.3 Å². The Bertz CT molecular complexity index is 665. The van der Waals surface area contributed by atoms with Crippen molar-refractivity contribution in [1.29, 1.82) is 0 Å². The van der Waals surface area contributed by atoms with Crippen molar-refractivity contribution < 1.29 is 9.90 Å². The quantitative estimate of drug-likeness (QED) is 0.847. The first-order valence-corrected chi connectivity index (χ1v) is 7.96. The lowest BCUT2D eigenvalue weighted by Crippen LogP contribution is -2.38. The minimum absolute atomic E-state index is 0.00708. The van der Waals surface area contributed by atoms with Crippen LogP contribution in [-0.4, -0.2) is 29.1 Å². The number of phenolic OH excluding ortho intramolecular Hbond substituents is 1. The standard InChI is InChI=1S/C17H18ClN3O2/c18-13-1-6-16(19-11-13)21-9-7-12(8-10-21)17(23)20-14-2-4-15(22)5-3-14/h1-6,11-12,22H,7-10H2,(H,20,23). The van der Waals surface area contributed by atoms with Crippen LogP contribution in [-0.2, 0) is 4.79 Å². The summed E-state index contributed by atoms with van der Waals surface area (Å²) in [6.07, 6.45) is 3.21. The highest BCUT2D eigenvalue weighted by Gasteiger charge is 2.25. The number of carbonyl (C=O) groups is 1. The SMILES string of the molecule is O=C(Nc1ccc(O)cc1)C1CCN(c2ccc(Cl)cn2)CC1. The number of anilines is 2. The third-order valence-electron chi connectivity index (χ3n) is 4.04. The number of hydrogen-bond acceptors (Lipinski definition) is 4. The molecule has 0 bridgehead atoms. The van der Waals surface area contributed by atoms with E-state index >= 15 is 0 Å². The van der Waals surface area contributed by atoms with Gasteiger partial charge in [-0.1, -0.05) is 11.6 Å². The van der Waals surface area contributed by atoms with Crippen LogP contribution in [0.15, 0.2) is 42.6 Å². The number of nitrogens with one attached hydrogen (secondary N) is 1. The van der Waals surface area contributed by atoms with E-state index in [1.165, 1.54) is 0 Å². The van der Waals surface area contributed by atoms with E-state index in [-0.39, 0.29) is 17.6 Å². The number of hydrogen-bond donors (Lipinski definition) is 2. The summed E-state index contributed by atoms with van der Waals surface area (Å²) in [5, 5.41) is 12.8. The van der Waals surface area contributed by atoms with E-state index in [9.17, 15) is 9.90 Å². The summed E-state index contributed by atoms with van der Waals surface area (Å²) in [4.78, 5) is 18.8. The molecule has 6 heteroatoms. The molecule has 0 unspecified atom stereocenters. The normalized spacial score (nSPS) is 15.4. The van der Waals surface area contributed by atoms with E-state index in [2.05, 4.69) is 15.2 Å². The highest BCUT2D eigenvalue weighted by atomic mass is 35.5. The van der Waals surface area contributed by atoms with E-state index in [1.807, 2.05) is 12.1 Å². The first kappa shape index (κ1) is 15.6. The van der Waals surface area contributed by atoms with Gasteiger partial charge in [-0.15, -0.1) is 0 Å². The fraction of sp³-hybridized carbons (Fsp3) is 0.294. The molecule has 0 atom stereocenters. The number of aromatic hydroxyl groups is 1. The Morgan fingerprint density at radius 3 is 2.48 bits per heavy atom. The van der Waals surface area contributed by atoms with Gasteiger partial charge in [0.1, 0.15) is 11.6 Å². The van der Waals surface area contributed by atoms with Gasteiger partial charge in [0.15, 0.2) is 0 Å². The predicted octanol–water partition coefficient (Wildman–Crippen LogP) is 3.30. The molecule has 120 valence electrons. The van der Waals surface area contributed by atoms with Gasteiger partial charge < -0.3 is 15.3 Å². The van der Waals surface area contributed by atoms with E-state index < -0.39 is 0 Å². The van der Waals surface area contributed by atoms with Gasteiger partial charge in [0.05, 0.1) is 5.02 Å². The van der Waals surface area contributed by atoms with Gasteiger partial charge in [0, 0.05) is 30.9 Å². The molecule has 1 fully saturated rings. The monoisotopic (exact) mass is 331 g/mol. The molecule has 1 amide bonds. The molecule has 5 nitrogen and oxygen atoms in total. The van der Waals surface area contributed by atoms with Crippen molar-refractivity contribution in [2.24, 2.45) is 5.92 Å². The molecule has 0 saturated carbocycles. The van der Waals surface area contributed by atoms with Crippen molar-refractivity contribution in [1.82, 2.24) is 4.98 Å². The lowest BCUT2D eigenvalue weighted by atomic mass is 9.96. The number of piperidine rings is 1. The average molecular weight is 332 g/mol. The Morgan fingerprint density at radius 2 is 1.87 bits per heavy atom. The summed E-state index contributed by atoms with van der Waals surface area (Å²) in [5.74, 6) is 1.10. The topological polar surface area (TPSA) is 65.5 Å². The lowest BCUT2D eigenvalue weighted by molar-refractivity contribution is -0.120. The maximum atomic E-state index is 12.3. The maximum Gasteiger partial charge on any atom is 0.227 e. The summed E-state index contributed by atoms with van der Waals surface area (Å²) >= 11 is 5.85. The second-order valence-electron chi connectivity index (χ2n) is 5.63. The lowest BCUT2D eigenvalue weighted by Gasteiger charge is -2.32. The van der Waals surface area contributed by atoms with Crippen LogP contribution < -0.4 is 10.2 Å². The first-order valence-electron chi connectivity index (χ1n) is 7.58. The van der Waals surface area contributed by atoms with Crippen LogP contribution in [0.4, 0.5) is 11.5 Å². The Balaban J connectivity index is 1.54. The van der Waals surface area contributed by atoms with Crippen molar-refractivity contribution in [3.8, 4) is 5.75 Å².